The van der Waals surface area contributed by atoms with Crippen LogP contribution in [0.5, 0.6) is 0 Å². The van der Waals surface area contributed by atoms with Crippen molar-refractivity contribution >= 4 is 40.1 Å². The highest BCUT2D eigenvalue weighted by atomic mass is 16.3. The Morgan fingerprint density at radius 1 is 1.11 bits per heavy atom. The van der Waals surface area contributed by atoms with Crippen molar-refractivity contribution in [2.75, 3.05) is 48.3 Å². The minimum absolute atomic E-state index is 0.314. The molecule has 0 bridgehead atoms. The number of aliphatic hydroxyl groups excluding tert-OH is 1. The van der Waals surface area contributed by atoms with Gasteiger partial charge in [-0.1, -0.05) is 24.8 Å². The summed E-state index contributed by atoms with van der Waals surface area (Å²) in [6.45, 7) is 9.55. The minimum atomic E-state index is -0.320. The normalized spacial score (nSPS) is 14.7. The van der Waals surface area contributed by atoms with E-state index in [0.29, 0.717) is 18.3 Å². The van der Waals surface area contributed by atoms with Gasteiger partial charge in [-0.05, 0) is 42.8 Å². The number of para-hydroxylation sites is 1. The second-order valence-corrected chi connectivity index (χ2v) is 9.23. The number of carbonyl (C=O) groups excluding carboxylic acids is 1. The van der Waals surface area contributed by atoms with Crippen molar-refractivity contribution in [3.63, 3.8) is 0 Å². The smallest absolute Gasteiger partial charge is 0.248 e. The Labute approximate surface area is 221 Å². The van der Waals surface area contributed by atoms with Gasteiger partial charge >= 0.3 is 0 Å². The monoisotopic (exact) mass is 510 g/mol. The Balaban J connectivity index is 1.32. The molecule has 5 rings (SSSR count). The second-order valence-electron chi connectivity index (χ2n) is 9.23. The third-order valence-electron chi connectivity index (χ3n) is 6.34. The Morgan fingerprint density at radius 2 is 1.95 bits per heavy atom. The summed E-state index contributed by atoms with van der Waals surface area (Å²) in [5.74, 6) is 1.50. The average molecular weight is 511 g/mol. The molecule has 0 saturated carbocycles. The van der Waals surface area contributed by atoms with Crippen molar-refractivity contribution < 1.29 is 9.90 Å². The molecule has 10 heteroatoms. The standard InChI is InChI=1S/C28H30N8O2/c1-3-26(38)33-24-15-20(9-10-29-24)23-6-4-5-21-16-31-28(34-27(21)23)32-22-7-8-25(30-17-22)36-13-11-35(12-14-36)18-19(2)37/h3-10,15-17,19,37H,1,11-14,18H2,2H3,(H,29,33,38)(H,31,32,34). The van der Waals surface area contributed by atoms with Crippen molar-refractivity contribution in [3.05, 3.63) is 73.7 Å². The number of amides is 1. The number of aliphatic hydroxyl groups is 1. The number of benzene rings is 1. The van der Waals surface area contributed by atoms with Crippen LogP contribution in [-0.4, -0.2) is 74.7 Å². The molecule has 1 atom stereocenters. The topological polar surface area (TPSA) is 119 Å². The summed E-state index contributed by atoms with van der Waals surface area (Å²) in [6, 6.07) is 13.5. The molecule has 1 unspecified atom stereocenters. The summed E-state index contributed by atoms with van der Waals surface area (Å²) in [5, 5.41) is 16.5. The summed E-state index contributed by atoms with van der Waals surface area (Å²) < 4.78 is 0. The molecule has 1 fully saturated rings. The van der Waals surface area contributed by atoms with Gasteiger partial charge in [-0.25, -0.2) is 19.9 Å². The molecule has 0 spiro atoms. The van der Waals surface area contributed by atoms with Crippen LogP contribution in [0.3, 0.4) is 0 Å². The van der Waals surface area contributed by atoms with Crippen LogP contribution in [-0.2, 0) is 4.79 Å². The molecule has 3 aromatic heterocycles. The van der Waals surface area contributed by atoms with Crippen molar-refractivity contribution in [2.24, 2.45) is 0 Å². The van der Waals surface area contributed by atoms with Crippen molar-refractivity contribution in [1.29, 1.82) is 0 Å². The Morgan fingerprint density at radius 3 is 2.68 bits per heavy atom. The summed E-state index contributed by atoms with van der Waals surface area (Å²) in [4.78, 5) is 34.4. The SMILES string of the molecule is C=CC(=O)Nc1cc(-c2cccc3cnc(Nc4ccc(N5CCN(CC(C)O)CC5)nc4)nc23)ccn1. The van der Waals surface area contributed by atoms with Crippen LogP contribution >= 0.6 is 0 Å². The van der Waals surface area contributed by atoms with Gasteiger partial charge in [-0.2, -0.15) is 0 Å². The third-order valence-corrected chi connectivity index (χ3v) is 6.34. The quantitative estimate of drug-likeness (QED) is 0.306. The van der Waals surface area contributed by atoms with Crippen LogP contribution in [0, 0.1) is 0 Å². The molecule has 4 aromatic rings. The number of hydrogen-bond acceptors (Lipinski definition) is 9. The first-order valence-electron chi connectivity index (χ1n) is 12.5. The molecule has 1 aromatic carbocycles. The molecular weight excluding hydrogens is 480 g/mol. The maximum atomic E-state index is 11.7. The molecule has 194 valence electrons. The fraction of sp³-hybridized carbons (Fsp3) is 0.250. The molecule has 1 aliphatic rings. The Hall–Kier alpha value is -4.41. The lowest BCUT2D eigenvalue weighted by Crippen LogP contribution is -2.48. The van der Waals surface area contributed by atoms with Gasteiger partial charge < -0.3 is 20.6 Å². The minimum Gasteiger partial charge on any atom is -0.392 e. The zero-order chi connectivity index (χ0) is 26.5. The molecule has 1 saturated heterocycles. The fourth-order valence-electron chi connectivity index (χ4n) is 4.50. The third kappa shape index (κ3) is 5.93. The van der Waals surface area contributed by atoms with E-state index in [1.807, 2.05) is 43.3 Å². The average Bonchev–Trinajstić information content (AvgIpc) is 2.93. The zero-order valence-electron chi connectivity index (χ0n) is 21.2. The largest absolute Gasteiger partial charge is 0.392 e. The van der Waals surface area contributed by atoms with Gasteiger partial charge in [0.25, 0.3) is 0 Å². The van der Waals surface area contributed by atoms with E-state index in [0.717, 1.165) is 59.7 Å². The number of piperazine rings is 1. The van der Waals surface area contributed by atoms with Gasteiger partial charge in [0.2, 0.25) is 11.9 Å². The van der Waals surface area contributed by atoms with Crippen LogP contribution in [0.15, 0.2) is 73.7 Å². The van der Waals surface area contributed by atoms with E-state index < -0.39 is 0 Å². The van der Waals surface area contributed by atoms with Crippen LogP contribution < -0.4 is 15.5 Å². The Kier molecular flexibility index (Phi) is 7.52. The van der Waals surface area contributed by atoms with Crippen LogP contribution in [0.4, 0.5) is 23.3 Å². The van der Waals surface area contributed by atoms with Crippen LogP contribution in [0.2, 0.25) is 0 Å². The van der Waals surface area contributed by atoms with Gasteiger partial charge in [0.05, 0.1) is 23.5 Å². The molecule has 1 aliphatic heterocycles. The van der Waals surface area contributed by atoms with E-state index in [9.17, 15) is 9.90 Å². The van der Waals surface area contributed by atoms with E-state index in [1.54, 1.807) is 24.7 Å². The predicted octanol–water partition coefficient (Wildman–Crippen LogP) is 3.46. The number of aromatic nitrogens is 4. The first-order chi connectivity index (χ1) is 18.5. The van der Waals surface area contributed by atoms with Gasteiger partial charge in [0.1, 0.15) is 11.6 Å². The number of hydrogen-bond donors (Lipinski definition) is 3. The number of nitrogens with one attached hydrogen (secondary N) is 2. The van der Waals surface area contributed by atoms with Crippen molar-refractivity contribution in [1.82, 2.24) is 24.8 Å². The van der Waals surface area contributed by atoms with Gasteiger partial charge in [-0.3, -0.25) is 9.69 Å². The molecule has 10 nitrogen and oxygen atoms in total. The number of fused-ring (bicyclic) bond motifs is 1. The molecule has 38 heavy (non-hydrogen) atoms. The summed E-state index contributed by atoms with van der Waals surface area (Å²) in [7, 11) is 0. The van der Waals surface area contributed by atoms with E-state index in [2.05, 4.69) is 42.0 Å². The number of rotatable bonds is 8. The lowest BCUT2D eigenvalue weighted by Gasteiger charge is -2.35. The van der Waals surface area contributed by atoms with E-state index >= 15 is 0 Å². The predicted molar refractivity (Wildman–Crippen MR) is 149 cm³/mol. The summed E-state index contributed by atoms with van der Waals surface area (Å²) in [5.41, 5.74) is 3.33. The van der Waals surface area contributed by atoms with E-state index in [-0.39, 0.29) is 12.0 Å². The van der Waals surface area contributed by atoms with Crippen LogP contribution in [0.25, 0.3) is 22.0 Å². The zero-order valence-corrected chi connectivity index (χ0v) is 21.2. The maximum absolute atomic E-state index is 11.7. The van der Waals surface area contributed by atoms with E-state index in [4.69, 9.17) is 4.98 Å². The first-order valence-corrected chi connectivity index (χ1v) is 12.5. The van der Waals surface area contributed by atoms with Crippen molar-refractivity contribution in [3.8, 4) is 11.1 Å². The molecule has 0 aliphatic carbocycles. The van der Waals surface area contributed by atoms with Gasteiger partial charge in [0.15, 0.2) is 0 Å². The van der Waals surface area contributed by atoms with Gasteiger partial charge in [0, 0.05) is 56.1 Å². The number of carbonyl (C=O) groups is 1. The van der Waals surface area contributed by atoms with Crippen molar-refractivity contribution in [2.45, 2.75) is 13.0 Å². The van der Waals surface area contributed by atoms with E-state index in [1.165, 1.54) is 6.08 Å². The lowest BCUT2D eigenvalue weighted by molar-refractivity contribution is -0.111. The summed E-state index contributed by atoms with van der Waals surface area (Å²) in [6.07, 6.45) is 6.11. The number of pyridine rings is 2. The second kappa shape index (κ2) is 11.3. The number of anilines is 4. The molecule has 1 amide bonds. The van der Waals surface area contributed by atoms with Crippen LogP contribution in [0.1, 0.15) is 6.92 Å². The Bertz CT molecular complexity index is 1430. The van der Waals surface area contributed by atoms with Gasteiger partial charge in [-0.15, -0.1) is 0 Å². The molecule has 3 N–H and O–H groups in total. The highest BCUT2D eigenvalue weighted by Gasteiger charge is 2.19. The number of β-amino-alcohol motifs (C(OH)–C–C–N with tert-alkyl or cyclic N) is 1. The highest BCUT2D eigenvalue weighted by Crippen LogP contribution is 2.29. The molecule has 0 radical (unpaired) electrons. The number of nitrogens with zero attached hydrogens (tertiary/aromatic N) is 6. The maximum Gasteiger partial charge on any atom is 0.248 e. The highest BCUT2D eigenvalue weighted by molar-refractivity contribution is 5.99. The lowest BCUT2D eigenvalue weighted by atomic mass is 10.0. The summed E-state index contributed by atoms with van der Waals surface area (Å²) >= 11 is 0. The first kappa shape index (κ1) is 25.2. The fourth-order valence-corrected chi connectivity index (χ4v) is 4.50. The molecular formula is C28H30N8O2. The molecule has 4 heterocycles.